The fourth-order valence-corrected chi connectivity index (χ4v) is 3.16. The molecule has 1 atom stereocenters. The van der Waals surface area contributed by atoms with Gasteiger partial charge in [0.25, 0.3) is 0 Å². The van der Waals surface area contributed by atoms with E-state index in [1.54, 1.807) is 0 Å². The van der Waals surface area contributed by atoms with E-state index >= 15 is 0 Å². The van der Waals surface area contributed by atoms with E-state index in [1.165, 1.54) is 0 Å². The van der Waals surface area contributed by atoms with Gasteiger partial charge in [0.1, 0.15) is 17.6 Å². The van der Waals surface area contributed by atoms with Crippen LogP contribution in [-0.4, -0.2) is 43.7 Å². The maximum Gasteiger partial charge on any atom is 0.406 e. The predicted octanol–water partition coefficient (Wildman–Crippen LogP) is 2.56. The van der Waals surface area contributed by atoms with Crippen molar-refractivity contribution in [1.82, 2.24) is 4.90 Å². The molecule has 0 N–H and O–H groups in total. The van der Waals surface area contributed by atoms with Gasteiger partial charge in [0.05, 0.1) is 4.90 Å². The van der Waals surface area contributed by atoms with Crippen molar-refractivity contribution in [2.45, 2.75) is 23.2 Å². The number of amides is 1. The van der Waals surface area contributed by atoms with Crippen LogP contribution in [0, 0.1) is 5.82 Å². The van der Waals surface area contributed by atoms with Crippen molar-refractivity contribution in [1.29, 1.82) is 0 Å². The van der Waals surface area contributed by atoms with Gasteiger partial charge in [-0.3, -0.25) is 4.79 Å². The number of rotatable bonds is 6. The summed E-state index contributed by atoms with van der Waals surface area (Å²) in [6.45, 7) is 2.22. The Kier molecular flexibility index (Phi) is 5.92. The topological polar surface area (TPSA) is 54.5 Å². The van der Waals surface area contributed by atoms with Gasteiger partial charge in [0, 0.05) is 6.54 Å². The van der Waals surface area contributed by atoms with E-state index in [0.717, 1.165) is 37.3 Å². The molecule has 1 aromatic rings. The summed E-state index contributed by atoms with van der Waals surface area (Å²) in [4.78, 5) is 12.1. The zero-order valence-corrected chi connectivity index (χ0v) is 13.0. The van der Waals surface area contributed by atoms with E-state index in [9.17, 15) is 30.8 Å². The molecule has 0 spiro atoms. The van der Waals surface area contributed by atoms with Gasteiger partial charge in [-0.15, -0.1) is 6.58 Å². The first-order valence-corrected chi connectivity index (χ1v) is 7.99. The summed E-state index contributed by atoms with van der Waals surface area (Å²) < 4.78 is 74.9. The molecule has 23 heavy (non-hydrogen) atoms. The minimum Gasteiger partial charge on any atom is -0.329 e. The number of carbonyl (C=O) groups excluding carboxylic acids is 1. The molecule has 0 saturated heterocycles. The standard InChI is InChI=1S/C14H15F4NO3S/c1-3-8-19(9-14(16,17)18)13(20)10(2)23(21,22)12-6-4-11(15)5-7-12/h3-7,10H,1,8-9H2,2H3. The number of carbonyl (C=O) groups is 1. The number of hydrogen-bond acceptors (Lipinski definition) is 3. The Morgan fingerprint density at radius 2 is 1.83 bits per heavy atom. The Balaban J connectivity index is 3.08. The number of benzene rings is 1. The van der Waals surface area contributed by atoms with E-state index < -0.39 is 46.1 Å². The van der Waals surface area contributed by atoms with Crippen LogP contribution in [0.5, 0.6) is 0 Å². The number of sulfone groups is 1. The van der Waals surface area contributed by atoms with E-state index in [1.807, 2.05) is 0 Å². The van der Waals surface area contributed by atoms with Crippen LogP contribution < -0.4 is 0 Å². The fraction of sp³-hybridized carbons (Fsp3) is 0.357. The van der Waals surface area contributed by atoms with Crippen LogP contribution in [-0.2, 0) is 14.6 Å². The molecular formula is C14H15F4NO3S. The second kappa shape index (κ2) is 7.12. The fourth-order valence-electron chi connectivity index (χ4n) is 1.82. The average Bonchev–Trinajstić information content (AvgIpc) is 2.44. The number of alkyl halides is 3. The maximum atomic E-state index is 12.8. The second-order valence-corrected chi connectivity index (χ2v) is 7.03. The Morgan fingerprint density at radius 1 is 1.30 bits per heavy atom. The van der Waals surface area contributed by atoms with Crippen molar-refractivity contribution in [2.75, 3.05) is 13.1 Å². The summed E-state index contributed by atoms with van der Waals surface area (Å²) in [5, 5.41) is -1.74. The minimum atomic E-state index is -4.67. The normalized spacial score (nSPS) is 13.4. The zero-order valence-electron chi connectivity index (χ0n) is 12.2. The molecule has 0 fully saturated rings. The molecule has 0 aliphatic heterocycles. The lowest BCUT2D eigenvalue weighted by Crippen LogP contribution is -2.45. The number of halogens is 4. The molecule has 0 heterocycles. The highest BCUT2D eigenvalue weighted by atomic mass is 32.2. The summed E-state index contributed by atoms with van der Waals surface area (Å²) >= 11 is 0. The summed E-state index contributed by atoms with van der Waals surface area (Å²) in [5.74, 6) is -1.88. The molecule has 0 aromatic heterocycles. The Bertz CT molecular complexity index is 668. The van der Waals surface area contributed by atoms with Gasteiger partial charge in [-0.1, -0.05) is 6.08 Å². The molecule has 1 rings (SSSR count). The van der Waals surface area contributed by atoms with Crippen LogP contribution >= 0.6 is 0 Å². The Labute approximate surface area is 131 Å². The van der Waals surface area contributed by atoms with Crippen LogP contribution in [0.3, 0.4) is 0 Å². The third-order valence-electron chi connectivity index (χ3n) is 2.99. The third-order valence-corrected chi connectivity index (χ3v) is 5.05. The molecule has 1 amide bonds. The first-order chi connectivity index (χ1) is 10.5. The molecule has 1 aromatic carbocycles. The van der Waals surface area contributed by atoms with Crippen LogP contribution in [0.4, 0.5) is 17.6 Å². The summed E-state index contributed by atoms with van der Waals surface area (Å²) in [5.41, 5.74) is 0. The highest BCUT2D eigenvalue weighted by molar-refractivity contribution is 7.92. The molecule has 0 bridgehead atoms. The van der Waals surface area contributed by atoms with Crippen molar-refractivity contribution in [2.24, 2.45) is 0 Å². The maximum absolute atomic E-state index is 12.8. The van der Waals surface area contributed by atoms with E-state index in [0.29, 0.717) is 4.90 Å². The quantitative estimate of drug-likeness (QED) is 0.449. The largest absolute Gasteiger partial charge is 0.406 e. The third kappa shape index (κ3) is 5.05. The lowest BCUT2D eigenvalue weighted by Gasteiger charge is -2.25. The molecule has 1 unspecified atom stereocenters. The molecule has 9 heteroatoms. The molecular weight excluding hydrogens is 338 g/mol. The molecule has 0 aliphatic rings. The van der Waals surface area contributed by atoms with E-state index in [-0.39, 0.29) is 4.90 Å². The lowest BCUT2D eigenvalue weighted by atomic mass is 10.3. The minimum absolute atomic E-state index is 0.342. The van der Waals surface area contributed by atoms with Crippen LogP contribution in [0.25, 0.3) is 0 Å². The molecule has 0 aliphatic carbocycles. The first-order valence-electron chi connectivity index (χ1n) is 6.45. The monoisotopic (exact) mass is 353 g/mol. The van der Waals surface area contributed by atoms with Gasteiger partial charge in [-0.25, -0.2) is 12.8 Å². The zero-order chi connectivity index (χ0) is 17.8. The number of nitrogens with zero attached hydrogens (tertiary/aromatic N) is 1. The van der Waals surface area contributed by atoms with E-state index in [4.69, 9.17) is 0 Å². The lowest BCUT2D eigenvalue weighted by molar-refractivity contribution is -0.159. The van der Waals surface area contributed by atoms with Crippen molar-refractivity contribution < 1.29 is 30.8 Å². The predicted molar refractivity (Wildman–Crippen MR) is 75.9 cm³/mol. The van der Waals surface area contributed by atoms with Crippen LogP contribution in [0.2, 0.25) is 0 Å². The highest BCUT2D eigenvalue weighted by Crippen LogP contribution is 2.21. The van der Waals surface area contributed by atoms with Gasteiger partial charge in [-0.2, -0.15) is 13.2 Å². The molecule has 0 radical (unpaired) electrons. The highest BCUT2D eigenvalue weighted by Gasteiger charge is 2.38. The number of hydrogen-bond donors (Lipinski definition) is 0. The van der Waals surface area contributed by atoms with Gasteiger partial charge >= 0.3 is 6.18 Å². The second-order valence-electron chi connectivity index (χ2n) is 4.76. The molecule has 128 valence electrons. The molecule has 4 nitrogen and oxygen atoms in total. The van der Waals surface area contributed by atoms with Gasteiger partial charge in [0.15, 0.2) is 9.84 Å². The van der Waals surface area contributed by atoms with Crippen LogP contribution in [0.15, 0.2) is 41.8 Å². The van der Waals surface area contributed by atoms with Gasteiger partial charge in [-0.05, 0) is 31.2 Å². The Hall–Kier alpha value is -1.90. The Morgan fingerprint density at radius 3 is 2.26 bits per heavy atom. The SMILES string of the molecule is C=CCN(CC(F)(F)F)C(=O)C(C)S(=O)(=O)c1ccc(F)cc1. The van der Waals surface area contributed by atoms with Gasteiger partial charge < -0.3 is 4.90 Å². The smallest absolute Gasteiger partial charge is 0.329 e. The summed E-state index contributed by atoms with van der Waals surface area (Å²) in [6, 6.07) is 3.69. The summed E-state index contributed by atoms with van der Waals surface area (Å²) in [7, 11) is -4.23. The van der Waals surface area contributed by atoms with Crippen LogP contribution in [0.1, 0.15) is 6.92 Å². The summed E-state index contributed by atoms with van der Waals surface area (Å²) in [6.07, 6.45) is -3.60. The van der Waals surface area contributed by atoms with Crippen molar-refractivity contribution in [3.05, 3.63) is 42.7 Å². The van der Waals surface area contributed by atoms with Crippen molar-refractivity contribution >= 4 is 15.7 Å². The van der Waals surface area contributed by atoms with Gasteiger partial charge in [0.2, 0.25) is 5.91 Å². The molecule has 0 saturated carbocycles. The first kappa shape index (κ1) is 19.1. The van der Waals surface area contributed by atoms with Crippen molar-refractivity contribution in [3.8, 4) is 0 Å². The van der Waals surface area contributed by atoms with Crippen molar-refractivity contribution in [3.63, 3.8) is 0 Å². The van der Waals surface area contributed by atoms with E-state index in [2.05, 4.69) is 6.58 Å². The average molecular weight is 353 g/mol.